The van der Waals surface area contributed by atoms with E-state index in [4.69, 9.17) is 4.74 Å². The molecule has 1 fully saturated rings. The fourth-order valence-electron chi connectivity index (χ4n) is 2.63. The first kappa shape index (κ1) is 19.3. The molecule has 0 amide bonds. The van der Waals surface area contributed by atoms with Gasteiger partial charge in [-0.25, -0.2) is 16.8 Å². The number of piperazine rings is 1. The van der Waals surface area contributed by atoms with Crippen LogP contribution in [-0.2, 0) is 24.8 Å². The van der Waals surface area contributed by atoms with Gasteiger partial charge < -0.3 is 4.74 Å². The van der Waals surface area contributed by atoms with Crippen LogP contribution in [0.25, 0.3) is 0 Å². The fraction of sp³-hybridized carbons (Fsp3) is 0.600. The molecule has 1 aliphatic heterocycles. The molecule has 0 saturated carbocycles. The average Bonchev–Trinajstić information content (AvgIpc) is 2.55. The number of ether oxygens (including phenoxy) is 1. The molecule has 0 aliphatic carbocycles. The van der Waals surface area contributed by atoms with Gasteiger partial charge in [0, 0.05) is 33.3 Å². The average molecular weight is 377 g/mol. The zero-order chi connectivity index (χ0) is 18.0. The van der Waals surface area contributed by atoms with E-state index in [0.717, 1.165) is 5.56 Å². The number of aryl methyl sites for hydroxylation is 2. The molecule has 1 aromatic carbocycles. The molecule has 0 aromatic heterocycles. The van der Waals surface area contributed by atoms with Crippen LogP contribution in [0.3, 0.4) is 0 Å². The Labute approximate surface area is 144 Å². The maximum atomic E-state index is 12.8. The van der Waals surface area contributed by atoms with Crippen LogP contribution in [0.1, 0.15) is 11.1 Å². The minimum atomic E-state index is -3.61. The third-order valence-electron chi connectivity index (χ3n) is 4.10. The lowest BCUT2D eigenvalue weighted by atomic mass is 10.2. The number of hydrogen-bond donors (Lipinski definition) is 0. The second-order valence-corrected chi connectivity index (χ2v) is 9.88. The molecule has 1 saturated heterocycles. The van der Waals surface area contributed by atoms with Crippen molar-refractivity contribution in [2.24, 2.45) is 0 Å². The van der Waals surface area contributed by atoms with Crippen LogP contribution in [0, 0.1) is 13.8 Å². The molecule has 1 aromatic rings. The van der Waals surface area contributed by atoms with Gasteiger partial charge >= 0.3 is 0 Å². The molecule has 1 aliphatic rings. The Kier molecular flexibility index (Phi) is 6.03. The van der Waals surface area contributed by atoms with Crippen molar-refractivity contribution in [2.75, 3.05) is 45.6 Å². The minimum Gasteiger partial charge on any atom is -0.384 e. The van der Waals surface area contributed by atoms with Crippen molar-refractivity contribution in [1.82, 2.24) is 8.61 Å². The summed E-state index contributed by atoms with van der Waals surface area (Å²) in [7, 11) is -5.57. The number of rotatable bonds is 6. The van der Waals surface area contributed by atoms with Gasteiger partial charge in [-0.3, -0.25) is 0 Å². The highest BCUT2D eigenvalue weighted by atomic mass is 32.2. The summed E-state index contributed by atoms with van der Waals surface area (Å²) in [5.41, 5.74) is 1.57. The Balaban J connectivity index is 2.13. The molecule has 9 heteroatoms. The first-order valence-electron chi connectivity index (χ1n) is 7.72. The van der Waals surface area contributed by atoms with Crippen LogP contribution >= 0.6 is 0 Å². The second-order valence-electron chi connectivity index (χ2n) is 5.88. The topological polar surface area (TPSA) is 84.0 Å². The summed E-state index contributed by atoms with van der Waals surface area (Å²) < 4.78 is 57.5. The van der Waals surface area contributed by atoms with Crippen LogP contribution in [0.5, 0.6) is 0 Å². The lowest BCUT2D eigenvalue weighted by Crippen LogP contribution is -2.51. The highest BCUT2D eigenvalue weighted by Gasteiger charge is 2.33. The van der Waals surface area contributed by atoms with E-state index in [-0.39, 0.29) is 43.4 Å². The van der Waals surface area contributed by atoms with E-state index in [0.29, 0.717) is 5.56 Å². The number of nitrogens with zero attached hydrogens (tertiary/aromatic N) is 2. The molecule has 1 heterocycles. The van der Waals surface area contributed by atoms with E-state index in [9.17, 15) is 16.8 Å². The van der Waals surface area contributed by atoms with Crippen molar-refractivity contribution in [3.05, 3.63) is 29.3 Å². The summed E-state index contributed by atoms with van der Waals surface area (Å²) in [5, 5.41) is 0. The first-order valence-corrected chi connectivity index (χ1v) is 10.8. The maximum Gasteiger partial charge on any atom is 0.243 e. The van der Waals surface area contributed by atoms with Crippen LogP contribution in [0.4, 0.5) is 0 Å². The van der Waals surface area contributed by atoms with Gasteiger partial charge in [-0.05, 0) is 31.0 Å². The van der Waals surface area contributed by atoms with Crippen molar-refractivity contribution in [3.63, 3.8) is 0 Å². The quantitative estimate of drug-likeness (QED) is 0.725. The van der Waals surface area contributed by atoms with Crippen LogP contribution < -0.4 is 0 Å². The second kappa shape index (κ2) is 7.49. The molecule has 0 atom stereocenters. The van der Waals surface area contributed by atoms with E-state index >= 15 is 0 Å². The highest BCUT2D eigenvalue weighted by molar-refractivity contribution is 7.89. The lowest BCUT2D eigenvalue weighted by Gasteiger charge is -2.33. The molecule has 0 bridgehead atoms. The Morgan fingerprint density at radius 3 is 2.17 bits per heavy atom. The molecular weight excluding hydrogens is 352 g/mol. The monoisotopic (exact) mass is 376 g/mol. The smallest absolute Gasteiger partial charge is 0.243 e. The van der Waals surface area contributed by atoms with Crippen LogP contribution in [0.2, 0.25) is 0 Å². The van der Waals surface area contributed by atoms with Crippen molar-refractivity contribution in [3.8, 4) is 0 Å². The Bertz CT molecular complexity index is 782. The molecule has 0 N–H and O–H groups in total. The SMILES string of the molecule is COCCS(=O)(=O)N1CCN(S(=O)(=O)c2cc(C)ccc2C)CC1. The summed E-state index contributed by atoms with van der Waals surface area (Å²) in [4.78, 5) is 0.290. The number of hydrogen-bond acceptors (Lipinski definition) is 5. The van der Waals surface area contributed by atoms with Gasteiger partial charge in [0.25, 0.3) is 0 Å². The maximum absolute atomic E-state index is 12.8. The van der Waals surface area contributed by atoms with Crippen molar-refractivity contribution >= 4 is 20.0 Å². The minimum absolute atomic E-state index is 0.0900. The Morgan fingerprint density at radius 1 is 1.00 bits per heavy atom. The van der Waals surface area contributed by atoms with Gasteiger partial charge in [0.2, 0.25) is 20.0 Å². The zero-order valence-electron chi connectivity index (χ0n) is 14.2. The number of methoxy groups -OCH3 is 1. The third kappa shape index (κ3) is 4.15. The number of sulfonamides is 2. The normalized spacial score (nSPS) is 18.0. The molecule has 24 heavy (non-hydrogen) atoms. The van der Waals surface area contributed by atoms with Gasteiger partial charge in [0.05, 0.1) is 17.3 Å². The lowest BCUT2D eigenvalue weighted by molar-refractivity contribution is 0.213. The standard InChI is InChI=1S/C15H24N2O5S2/c1-13-4-5-14(2)15(12-13)24(20,21)17-8-6-16(7-9-17)23(18,19)11-10-22-3/h4-5,12H,6-11H2,1-3H3. The van der Waals surface area contributed by atoms with Gasteiger partial charge in [0.1, 0.15) is 0 Å². The summed E-state index contributed by atoms with van der Waals surface area (Å²) in [6, 6.07) is 5.31. The Morgan fingerprint density at radius 2 is 1.58 bits per heavy atom. The third-order valence-corrected chi connectivity index (χ3v) is 7.97. The largest absolute Gasteiger partial charge is 0.384 e. The summed E-state index contributed by atoms with van der Waals surface area (Å²) in [5.74, 6) is -0.0900. The number of benzene rings is 1. The highest BCUT2D eigenvalue weighted by Crippen LogP contribution is 2.23. The molecular formula is C15H24N2O5S2. The van der Waals surface area contributed by atoms with Gasteiger partial charge in [-0.2, -0.15) is 8.61 Å². The molecule has 2 rings (SSSR count). The van der Waals surface area contributed by atoms with Gasteiger partial charge in [-0.1, -0.05) is 12.1 Å². The molecule has 0 radical (unpaired) electrons. The van der Waals surface area contributed by atoms with E-state index in [1.54, 1.807) is 19.1 Å². The molecule has 136 valence electrons. The van der Waals surface area contributed by atoms with E-state index in [1.165, 1.54) is 15.7 Å². The van der Waals surface area contributed by atoms with Crippen LogP contribution in [-0.4, -0.2) is 71.1 Å². The van der Waals surface area contributed by atoms with Crippen molar-refractivity contribution < 1.29 is 21.6 Å². The predicted molar refractivity (Wildman–Crippen MR) is 91.9 cm³/mol. The Hall–Kier alpha value is -1.00. The zero-order valence-corrected chi connectivity index (χ0v) is 15.9. The van der Waals surface area contributed by atoms with Crippen molar-refractivity contribution in [1.29, 1.82) is 0 Å². The molecule has 7 nitrogen and oxygen atoms in total. The summed E-state index contributed by atoms with van der Waals surface area (Å²) >= 11 is 0. The van der Waals surface area contributed by atoms with Crippen LogP contribution in [0.15, 0.2) is 23.1 Å². The predicted octanol–water partition coefficient (Wildman–Crippen LogP) is 0.586. The molecule has 0 unspecified atom stereocenters. The van der Waals surface area contributed by atoms with E-state index < -0.39 is 20.0 Å². The van der Waals surface area contributed by atoms with Gasteiger partial charge in [0.15, 0.2) is 0 Å². The first-order chi connectivity index (χ1) is 11.2. The summed E-state index contributed by atoms with van der Waals surface area (Å²) in [6.45, 7) is 4.37. The molecule has 0 spiro atoms. The van der Waals surface area contributed by atoms with E-state index in [1.807, 2.05) is 13.0 Å². The summed E-state index contributed by atoms with van der Waals surface area (Å²) in [6.07, 6.45) is 0. The van der Waals surface area contributed by atoms with Gasteiger partial charge in [-0.15, -0.1) is 0 Å². The van der Waals surface area contributed by atoms with Crippen molar-refractivity contribution in [2.45, 2.75) is 18.7 Å². The van der Waals surface area contributed by atoms with E-state index in [2.05, 4.69) is 0 Å². The fourth-order valence-corrected chi connectivity index (χ4v) is 5.72.